The summed E-state index contributed by atoms with van der Waals surface area (Å²) < 4.78 is 0. The fourth-order valence-electron chi connectivity index (χ4n) is 1.84. The average molecular weight is 270 g/mol. The number of nitro groups is 1. The molecule has 0 aliphatic heterocycles. The lowest BCUT2D eigenvalue weighted by Crippen LogP contribution is -2.31. The van der Waals surface area contributed by atoms with E-state index in [4.69, 9.17) is 5.11 Å². The van der Waals surface area contributed by atoms with Gasteiger partial charge in [-0.05, 0) is 24.3 Å². The van der Waals surface area contributed by atoms with Gasteiger partial charge < -0.3 is 5.11 Å². The van der Waals surface area contributed by atoms with E-state index in [0.29, 0.717) is 12.5 Å². The van der Waals surface area contributed by atoms with Crippen molar-refractivity contribution in [1.29, 1.82) is 0 Å². The Bertz CT molecular complexity index is 456. The average Bonchev–Trinajstić information content (AvgIpc) is 2.93. The van der Waals surface area contributed by atoms with Crippen LogP contribution in [0.3, 0.4) is 0 Å². The van der Waals surface area contributed by atoms with Crippen LogP contribution in [0.1, 0.15) is 18.4 Å². The summed E-state index contributed by atoms with van der Waals surface area (Å²) in [6, 6.07) is 1.52. The Morgan fingerprint density at radius 3 is 2.83 bits per heavy atom. The standard InChI is InChI=1S/C11H14N2O4S/c14-11(15)6-12(4-8-1-2-8)5-9-3-10(13(16)17)18-7-9/h3,7-8H,1-2,4-6H2,(H,14,15). The highest BCUT2D eigenvalue weighted by atomic mass is 32.1. The van der Waals surface area contributed by atoms with Crippen molar-refractivity contribution < 1.29 is 14.8 Å². The predicted octanol–water partition coefficient (Wildman–Crippen LogP) is 1.95. The van der Waals surface area contributed by atoms with Gasteiger partial charge in [-0.15, -0.1) is 0 Å². The molecule has 0 atom stereocenters. The van der Waals surface area contributed by atoms with Crippen molar-refractivity contribution in [3.8, 4) is 0 Å². The van der Waals surface area contributed by atoms with Crippen LogP contribution in [0.15, 0.2) is 11.4 Å². The SMILES string of the molecule is O=C(O)CN(Cc1csc([N+](=O)[O-])c1)CC1CC1. The molecule has 18 heavy (non-hydrogen) atoms. The molecule has 0 saturated heterocycles. The fourth-order valence-corrected chi connectivity index (χ4v) is 2.56. The molecular formula is C11H14N2O4S. The molecule has 0 unspecified atom stereocenters. The van der Waals surface area contributed by atoms with E-state index < -0.39 is 10.9 Å². The maximum absolute atomic E-state index is 10.8. The van der Waals surface area contributed by atoms with Gasteiger partial charge in [-0.25, -0.2) is 0 Å². The minimum atomic E-state index is -0.861. The molecule has 1 aliphatic rings. The second-order valence-electron chi connectivity index (χ2n) is 4.56. The zero-order valence-electron chi connectivity index (χ0n) is 9.74. The van der Waals surface area contributed by atoms with Gasteiger partial charge in [0.15, 0.2) is 0 Å². The van der Waals surface area contributed by atoms with Gasteiger partial charge in [0, 0.05) is 24.5 Å². The van der Waals surface area contributed by atoms with E-state index in [1.54, 1.807) is 5.38 Å². The molecular weight excluding hydrogens is 256 g/mol. The first-order valence-electron chi connectivity index (χ1n) is 5.70. The molecule has 7 heteroatoms. The molecule has 1 heterocycles. The smallest absolute Gasteiger partial charge is 0.324 e. The van der Waals surface area contributed by atoms with E-state index in [9.17, 15) is 14.9 Å². The lowest BCUT2D eigenvalue weighted by molar-refractivity contribution is -0.380. The molecule has 98 valence electrons. The Morgan fingerprint density at radius 1 is 1.61 bits per heavy atom. The molecule has 0 bridgehead atoms. The van der Waals surface area contributed by atoms with E-state index >= 15 is 0 Å². The van der Waals surface area contributed by atoms with E-state index in [-0.39, 0.29) is 11.5 Å². The second kappa shape index (κ2) is 5.45. The lowest BCUT2D eigenvalue weighted by Gasteiger charge is -2.18. The van der Waals surface area contributed by atoms with E-state index in [2.05, 4.69) is 0 Å². The summed E-state index contributed by atoms with van der Waals surface area (Å²) in [6.07, 6.45) is 2.31. The zero-order chi connectivity index (χ0) is 13.1. The van der Waals surface area contributed by atoms with Crippen molar-refractivity contribution in [2.75, 3.05) is 13.1 Å². The summed E-state index contributed by atoms with van der Waals surface area (Å²) in [7, 11) is 0. The summed E-state index contributed by atoms with van der Waals surface area (Å²) in [5.41, 5.74) is 0.814. The van der Waals surface area contributed by atoms with Crippen molar-refractivity contribution >= 4 is 22.3 Å². The van der Waals surface area contributed by atoms with E-state index in [1.165, 1.54) is 6.07 Å². The predicted molar refractivity (Wildman–Crippen MR) is 66.6 cm³/mol. The second-order valence-corrected chi connectivity index (χ2v) is 5.45. The first-order chi connectivity index (χ1) is 8.54. The van der Waals surface area contributed by atoms with Crippen LogP contribution < -0.4 is 0 Å². The van der Waals surface area contributed by atoms with E-state index in [0.717, 1.165) is 36.3 Å². The highest BCUT2D eigenvalue weighted by molar-refractivity contribution is 7.13. The quantitative estimate of drug-likeness (QED) is 0.604. The highest BCUT2D eigenvalue weighted by Gasteiger charge is 2.25. The van der Waals surface area contributed by atoms with Crippen molar-refractivity contribution in [2.45, 2.75) is 19.4 Å². The van der Waals surface area contributed by atoms with Gasteiger partial charge >= 0.3 is 11.0 Å². The minimum absolute atomic E-state index is 0.0137. The van der Waals surface area contributed by atoms with Gasteiger partial charge in [-0.2, -0.15) is 0 Å². The Morgan fingerprint density at radius 2 is 2.33 bits per heavy atom. The van der Waals surface area contributed by atoms with Crippen LogP contribution in [-0.2, 0) is 11.3 Å². The number of carboxylic acid groups (broad SMARTS) is 1. The zero-order valence-corrected chi connectivity index (χ0v) is 10.6. The van der Waals surface area contributed by atoms with Crippen molar-refractivity contribution in [3.63, 3.8) is 0 Å². The largest absolute Gasteiger partial charge is 0.480 e. The van der Waals surface area contributed by atoms with Crippen LogP contribution >= 0.6 is 11.3 Å². The number of nitrogens with zero attached hydrogens (tertiary/aromatic N) is 2. The van der Waals surface area contributed by atoms with Gasteiger partial charge in [0.1, 0.15) is 0 Å². The van der Waals surface area contributed by atoms with Crippen molar-refractivity contribution in [2.24, 2.45) is 5.92 Å². The maximum Gasteiger partial charge on any atom is 0.324 e. The number of aliphatic carboxylic acids is 1. The topological polar surface area (TPSA) is 83.7 Å². The third kappa shape index (κ3) is 3.78. The third-order valence-electron chi connectivity index (χ3n) is 2.80. The first-order valence-corrected chi connectivity index (χ1v) is 6.58. The van der Waals surface area contributed by atoms with Crippen LogP contribution in [0.2, 0.25) is 0 Å². The molecule has 0 aromatic carbocycles. The Labute approximate surface area is 108 Å². The molecule has 1 saturated carbocycles. The van der Waals surface area contributed by atoms with Gasteiger partial charge in [0.25, 0.3) is 0 Å². The van der Waals surface area contributed by atoms with Gasteiger partial charge in [-0.3, -0.25) is 19.8 Å². The Kier molecular flexibility index (Phi) is 3.93. The number of carboxylic acids is 1. The molecule has 0 spiro atoms. The number of hydrogen-bond acceptors (Lipinski definition) is 5. The molecule has 1 aromatic rings. The summed E-state index contributed by atoms with van der Waals surface area (Å²) in [5.74, 6) is -0.265. The molecule has 1 N–H and O–H groups in total. The summed E-state index contributed by atoms with van der Waals surface area (Å²) in [4.78, 5) is 22.8. The number of rotatable bonds is 7. The molecule has 2 rings (SSSR count). The molecule has 1 aliphatic carbocycles. The van der Waals surface area contributed by atoms with Crippen LogP contribution in [0, 0.1) is 16.0 Å². The molecule has 6 nitrogen and oxygen atoms in total. The molecule has 0 amide bonds. The number of thiophene rings is 1. The van der Waals surface area contributed by atoms with Crippen LogP contribution in [0.5, 0.6) is 0 Å². The van der Waals surface area contributed by atoms with Crippen LogP contribution in [0.25, 0.3) is 0 Å². The molecule has 1 aromatic heterocycles. The monoisotopic (exact) mass is 270 g/mol. The van der Waals surface area contributed by atoms with Crippen molar-refractivity contribution in [1.82, 2.24) is 4.90 Å². The number of hydrogen-bond donors (Lipinski definition) is 1. The summed E-state index contributed by atoms with van der Waals surface area (Å²) in [6.45, 7) is 1.21. The van der Waals surface area contributed by atoms with Crippen LogP contribution in [0.4, 0.5) is 5.00 Å². The molecule has 0 radical (unpaired) electrons. The van der Waals surface area contributed by atoms with Gasteiger partial charge in [-0.1, -0.05) is 11.3 Å². The Hall–Kier alpha value is -1.47. The van der Waals surface area contributed by atoms with Gasteiger partial charge in [0.2, 0.25) is 0 Å². The summed E-state index contributed by atoms with van der Waals surface area (Å²) >= 11 is 1.08. The lowest BCUT2D eigenvalue weighted by atomic mass is 10.2. The first kappa shape index (κ1) is 13.0. The normalized spacial score (nSPS) is 14.9. The third-order valence-corrected chi connectivity index (χ3v) is 3.73. The summed E-state index contributed by atoms with van der Waals surface area (Å²) in [5, 5.41) is 21.2. The van der Waals surface area contributed by atoms with Gasteiger partial charge in [0.05, 0.1) is 11.5 Å². The maximum atomic E-state index is 10.8. The van der Waals surface area contributed by atoms with E-state index in [1.807, 2.05) is 4.90 Å². The van der Waals surface area contributed by atoms with Crippen molar-refractivity contribution in [3.05, 3.63) is 27.1 Å². The Balaban J connectivity index is 1.96. The minimum Gasteiger partial charge on any atom is -0.480 e. The fraction of sp³-hybridized carbons (Fsp3) is 0.545. The highest BCUT2D eigenvalue weighted by Crippen LogP contribution is 2.30. The van der Waals surface area contributed by atoms with Crippen LogP contribution in [-0.4, -0.2) is 34.0 Å². The number of carbonyl (C=O) groups is 1. The molecule has 1 fully saturated rings.